The average molecular weight is 378 g/mol. The van der Waals surface area contributed by atoms with E-state index < -0.39 is 0 Å². The third kappa shape index (κ3) is 7.03. The number of nitrogens with one attached hydrogen (secondary N) is 2. The van der Waals surface area contributed by atoms with Crippen molar-refractivity contribution in [1.82, 2.24) is 10.2 Å². The molecule has 1 amide bonds. The average Bonchev–Trinajstić information content (AvgIpc) is 2.62. The highest BCUT2D eigenvalue weighted by molar-refractivity contribution is 5.92. The Hall–Kier alpha value is -1.79. The Morgan fingerprint density at radius 2 is 1.89 bits per heavy atom. The van der Waals surface area contributed by atoms with Gasteiger partial charge in [0.2, 0.25) is 5.91 Å². The molecule has 1 fully saturated rings. The SMILES string of the molecule is COc1ccc(OC)c(NC(=O)CC(C)NC2CCN(CC(C)C)CC2)c1. The van der Waals surface area contributed by atoms with Crippen molar-refractivity contribution < 1.29 is 14.3 Å². The minimum atomic E-state index is -0.0289. The van der Waals surface area contributed by atoms with E-state index in [9.17, 15) is 4.79 Å². The molecule has 1 saturated heterocycles. The first-order valence-corrected chi connectivity index (χ1v) is 9.91. The molecule has 2 rings (SSSR count). The summed E-state index contributed by atoms with van der Waals surface area (Å²) in [5.41, 5.74) is 0.635. The minimum Gasteiger partial charge on any atom is -0.497 e. The molecule has 0 bridgehead atoms. The van der Waals surface area contributed by atoms with Crippen LogP contribution < -0.4 is 20.1 Å². The molecule has 0 saturated carbocycles. The van der Waals surface area contributed by atoms with Crippen LogP contribution >= 0.6 is 0 Å². The number of rotatable bonds is 9. The summed E-state index contributed by atoms with van der Waals surface area (Å²) in [6, 6.07) is 6.00. The number of carbonyl (C=O) groups is 1. The molecule has 1 unspecified atom stereocenters. The maximum absolute atomic E-state index is 12.4. The van der Waals surface area contributed by atoms with Crippen LogP contribution in [0.4, 0.5) is 5.69 Å². The molecular formula is C21H35N3O3. The first-order chi connectivity index (χ1) is 12.9. The third-order valence-corrected chi connectivity index (χ3v) is 4.90. The Morgan fingerprint density at radius 3 is 2.48 bits per heavy atom. The highest BCUT2D eigenvalue weighted by Crippen LogP contribution is 2.29. The van der Waals surface area contributed by atoms with Crippen molar-refractivity contribution in [3.05, 3.63) is 18.2 Å². The highest BCUT2D eigenvalue weighted by Gasteiger charge is 2.21. The second-order valence-corrected chi connectivity index (χ2v) is 7.85. The lowest BCUT2D eigenvalue weighted by Gasteiger charge is -2.34. The predicted octanol–water partition coefficient (Wildman–Crippen LogP) is 3.13. The van der Waals surface area contributed by atoms with Gasteiger partial charge in [-0.05, 0) is 50.9 Å². The van der Waals surface area contributed by atoms with Gasteiger partial charge < -0.3 is 25.0 Å². The molecule has 1 atom stereocenters. The zero-order chi connectivity index (χ0) is 19.8. The molecule has 1 heterocycles. The fourth-order valence-corrected chi connectivity index (χ4v) is 3.65. The molecule has 0 spiro atoms. The molecule has 6 heteroatoms. The number of nitrogens with zero attached hydrogens (tertiary/aromatic N) is 1. The van der Waals surface area contributed by atoms with Gasteiger partial charge in [-0.3, -0.25) is 4.79 Å². The summed E-state index contributed by atoms with van der Waals surface area (Å²) in [4.78, 5) is 15.0. The zero-order valence-electron chi connectivity index (χ0n) is 17.4. The van der Waals surface area contributed by atoms with Crippen molar-refractivity contribution in [3.63, 3.8) is 0 Å². The van der Waals surface area contributed by atoms with Crippen molar-refractivity contribution >= 4 is 11.6 Å². The van der Waals surface area contributed by atoms with Crippen LogP contribution in [0, 0.1) is 5.92 Å². The molecule has 1 aromatic rings. The van der Waals surface area contributed by atoms with Crippen LogP contribution in [0.15, 0.2) is 18.2 Å². The molecule has 0 aromatic heterocycles. The van der Waals surface area contributed by atoms with Crippen LogP contribution in [0.3, 0.4) is 0 Å². The number of ether oxygens (including phenoxy) is 2. The highest BCUT2D eigenvalue weighted by atomic mass is 16.5. The predicted molar refractivity (Wildman–Crippen MR) is 110 cm³/mol. The number of methoxy groups -OCH3 is 2. The van der Waals surface area contributed by atoms with Crippen molar-refractivity contribution in [3.8, 4) is 11.5 Å². The molecular weight excluding hydrogens is 342 g/mol. The second-order valence-electron chi connectivity index (χ2n) is 7.85. The zero-order valence-corrected chi connectivity index (χ0v) is 17.4. The number of hydrogen-bond donors (Lipinski definition) is 2. The lowest BCUT2D eigenvalue weighted by Crippen LogP contribution is -2.46. The van der Waals surface area contributed by atoms with Gasteiger partial charge in [0.05, 0.1) is 19.9 Å². The Labute approximate surface area is 163 Å². The number of amides is 1. The van der Waals surface area contributed by atoms with E-state index in [0.717, 1.165) is 25.9 Å². The lowest BCUT2D eigenvalue weighted by molar-refractivity contribution is -0.116. The van der Waals surface area contributed by atoms with E-state index >= 15 is 0 Å². The molecule has 1 aliphatic rings. The molecule has 1 aromatic carbocycles. The van der Waals surface area contributed by atoms with E-state index in [0.29, 0.717) is 35.6 Å². The van der Waals surface area contributed by atoms with E-state index in [1.54, 1.807) is 26.4 Å². The van der Waals surface area contributed by atoms with Gasteiger partial charge in [-0.1, -0.05) is 13.8 Å². The quantitative estimate of drug-likeness (QED) is 0.692. The van der Waals surface area contributed by atoms with Gasteiger partial charge in [0, 0.05) is 31.1 Å². The van der Waals surface area contributed by atoms with Crippen LogP contribution in [0.5, 0.6) is 11.5 Å². The molecule has 1 aliphatic heterocycles. The lowest BCUT2D eigenvalue weighted by atomic mass is 10.0. The summed E-state index contributed by atoms with van der Waals surface area (Å²) in [5, 5.41) is 6.56. The van der Waals surface area contributed by atoms with Crippen molar-refractivity contribution in [2.24, 2.45) is 5.92 Å². The molecule has 27 heavy (non-hydrogen) atoms. The first-order valence-electron chi connectivity index (χ1n) is 9.91. The normalized spacial score (nSPS) is 17.0. The smallest absolute Gasteiger partial charge is 0.226 e. The Kier molecular flexibility index (Phi) is 8.38. The summed E-state index contributed by atoms with van der Waals surface area (Å²) < 4.78 is 10.5. The Morgan fingerprint density at radius 1 is 1.19 bits per heavy atom. The van der Waals surface area contributed by atoms with E-state index in [2.05, 4.69) is 36.3 Å². The molecule has 2 N–H and O–H groups in total. The standard InChI is InChI=1S/C21H35N3O3/c1-15(2)14-24-10-8-17(9-11-24)22-16(3)12-21(25)23-19-13-18(26-4)6-7-20(19)27-5/h6-7,13,15-17,22H,8-12,14H2,1-5H3,(H,23,25). The van der Waals surface area contributed by atoms with Gasteiger partial charge in [-0.2, -0.15) is 0 Å². The van der Waals surface area contributed by atoms with Gasteiger partial charge in [0.25, 0.3) is 0 Å². The van der Waals surface area contributed by atoms with Crippen LogP contribution in [0.25, 0.3) is 0 Å². The van der Waals surface area contributed by atoms with Crippen molar-refractivity contribution in [1.29, 1.82) is 0 Å². The minimum absolute atomic E-state index is 0.0289. The Balaban J connectivity index is 1.79. The number of benzene rings is 1. The van der Waals surface area contributed by atoms with Gasteiger partial charge in [-0.25, -0.2) is 0 Å². The topological polar surface area (TPSA) is 62.8 Å². The summed E-state index contributed by atoms with van der Waals surface area (Å²) >= 11 is 0. The van der Waals surface area contributed by atoms with Crippen LogP contribution in [0.2, 0.25) is 0 Å². The molecule has 6 nitrogen and oxygen atoms in total. The third-order valence-electron chi connectivity index (χ3n) is 4.90. The van der Waals surface area contributed by atoms with Gasteiger partial charge in [0.15, 0.2) is 0 Å². The number of carbonyl (C=O) groups excluding carboxylic acids is 1. The van der Waals surface area contributed by atoms with Gasteiger partial charge in [-0.15, -0.1) is 0 Å². The van der Waals surface area contributed by atoms with Crippen LogP contribution in [0.1, 0.15) is 40.0 Å². The van der Waals surface area contributed by atoms with Crippen LogP contribution in [-0.4, -0.2) is 56.7 Å². The molecule has 0 aliphatic carbocycles. The summed E-state index contributed by atoms with van der Waals surface area (Å²) in [6.45, 7) is 10.0. The van der Waals surface area contributed by atoms with E-state index in [1.165, 1.54) is 6.54 Å². The summed E-state index contributed by atoms with van der Waals surface area (Å²) in [6.07, 6.45) is 2.71. The van der Waals surface area contributed by atoms with Crippen molar-refractivity contribution in [2.75, 3.05) is 39.2 Å². The number of anilines is 1. The maximum atomic E-state index is 12.4. The summed E-state index contributed by atoms with van der Waals surface area (Å²) in [5.74, 6) is 2.00. The van der Waals surface area contributed by atoms with Gasteiger partial charge in [0.1, 0.15) is 11.5 Å². The monoisotopic (exact) mass is 377 g/mol. The van der Waals surface area contributed by atoms with Crippen molar-refractivity contribution in [2.45, 2.75) is 52.1 Å². The summed E-state index contributed by atoms with van der Waals surface area (Å²) in [7, 11) is 3.19. The van der Waals surface area contributed by atoms with E-state index in [-0.39, 0.29) is 11.9 Å². The van der Waals surface area contributed by atoms with E-state index in [1.807, 2.05) is 6.07 Å². The van der Waals surface area contributed by atoms with Gasteiger partial charge >= 0.3 is 0 Å². The number of likely N-dealkylation sites (tertiary alicyclic amines) is 1. The fourth-order valence-electron chi connectivity index (χ4n) is 3.65. The number of piperidine rings is 1. The van der Waals surface area contributed by atoms with Crippen LogP contribution in [-0.2, 0) is 4.79 Å². The maximum Gasteiger partial charge on any atom is 0.226 e. The Bertz CT molecular complexity index is 598. The fraction of sp³-hybridized carbons (Fsp3) is 0.667. The molecule has 0 radical (unpaired) electrons. The second kappa shape index (κ2) is 10.5. The first kappa shape index (κ1) is 21.5. The molecule has 152 valence electrons. The number of hydrogen-bond acceptors (Lipinski definition) is 5. The van der Waals surface area contributed by atoms with E-state index in [4.69, 9.17) is 9.47 Å². The largest absolute Gasteiger partial charge is 0.497 e.